The van der Waals surface area contributed by atoms with Gasteiger partial charge in [0.05, 0.1) is 6.61 Å². The maximum atomic E-state index is 5.66. The molecule has 20 heavy (non-hydrogen) atoms. The Morgan fingerprint density at radius 3 is 2.40 bits per heavy atom. The Balaban J connectivity index is 2.03. The second kappa shape index (κ2) is 6.99. The van der Waals surface area contributed by atoms with Crippen LogP contribution in [0.25, 0.3) is 0 Å². The Bertz CT molecular complexity index is 543. The van der Waals surface area contributed by atoms with Gasteiger partial charge in [-0.05, 0) is 49.1 Å². The third-order valence-electron chi connectivity index (χ3n) is 3.42. The molecule has 0 amide bonds. The van der Waals surface area contributed by atoms with Gasteiger partial charge in [0.25, 0.3) is 0 Å². The highest BCUT2D eigenvalue weighted by Gasteiger charge is 2.02. The molecule has 0 saturated carbocycles. The van der Waals surface area contributed by atoms with Crippen molar-refractivity contribution < 1.29 is 4.74 Å². The molecule has 1 N–H and O–H groups in total. The van der Waals surface area contributed by atoms with Crippen LogP contribution in [0.4, 0.5) is 5.69 Å². The Kier molecular flexibility index (Phi) is 5.05. The minimum atomic E-state index is 0.764. The van der Waals surface area contributed by atoms with Gasteiger partial charge < -0.3 is 10.1 Å². The van der Waals surface area contributed by atoms with Crippen molar-refractivity contribution in [2.45, 2.75) is 33.7 Å². The normalized spacial score (nSPS) is 10.3. The predicted molar refractivity (Wildman–Crippen MR) is 85.5 cm³/mol. The van der Waals surface area contributed by atoms with Gasteiger partial charge in [-0.2, -0.15) is 0 Å². The van der Waals surface area contributed by atoms with Gasteiger partial charge >= 0.3 is 0 Å². The average Bonchev–Trinajstić information content (AvgIpc) is 2.45. The molecule has 0 heterocycles. The summed E-state index contributed by atoms with van der Waals surface area (Å²) < 4.78 is 5.66. The van der Waals surface area contributed by atoms with Gasteiger partial charge in [-0.1, -0.05) is 31.2 Å². The molecular formula is C18H23NO. The second-order valence-corrected chi connectivity index (χ2v) is 5.10. The fourth-order valence-corrected chi connectivity index (χ4v) is 2.23. The van der Waals surface area contributed by atoms with Gasteiger partial charge in [-0.25, -0.2) is 0 Å². The quantitative estimate of drug-likeness (QED) is 0.820. The fourth-order valence-electron chi connectivity index (χ4n) is 2.23. The highest BCUT2D eigenvalue weighted by Crippen LogP contribution is 2.20. The lowest BCUT2D eigenvalue weighted by Crippen LogP contribution is -2.03. The van der Waals surface area contributed by atoms with Crippen molar-refractivity contribution in [3.8, 4) is 5.75 Å². The zero-order valence-electron chi connectivity index (χ0n) is 12.6. The van der Waals surface area contributed by atoms with E-state index < -0.39 is 0 Å². The lowest BCUT2D eigenvalue weighted by molar-refractivity contribution is 0.317. The highest BCUT2D eigenvalue weighted by molar-refractivity contribution is 5.49. The molecule has 106 valence electrons. The van der Waals surface area contributed by atoms with E-state index in [1.165, 1.54) is 16.7 Å². The van der Waals surface area contributed by atoms with Crippen LogP contribution in [0.3, 0.4) is 0 Å². The lowest BCUT2D eigenvalue weighted by Gasteiger charge is -2.13. The molecule has 2 nitrogen and oxygen atoms in total. The molecule has 2 aromatic carbocycles. The molecule has 0 bridgehead atoms. The second-order valence-electron chi connectivity index (χ2n) is 5.10. The molecule has 0 aliphatic carbocycles. The number of hydrogen-bond acceptors (Lipinski definition) is 2. The Hall–Kier alpha value is -1.96. The van der Waals surface area contributed by atoms with E-state index in [4.69, 9.17) is 4.74 Å². The molecule has 0 aromatic heterocycles. The molecule has 2 rings (SSSR count). The molecule has 2 aromatic rings. The third-order valence-corrected chi connectivity index (χ3v) is 3.42. The van der Waals surface area contributed by atoms with Gasteiger partial charge in [0, 0.05) is 18.3 Å². The Morgan fingerprint density at radius 2 is 1.70 bits per heavy atom. The van der Waals surface area contributed by atoms with Gasteiger partial charge in [-0.15, -0.1) is 0 Å². The molecule has 2 heteroatoms. The van der Waals surface area contributed by atoms with E-state index in [2.05, 4.69) is 56.4 Å². The average molecular weight is 269 g/mol. The van der Waals surface area contributed by atoms with Crippen LogP contribution in [0.15, 0.2) is 42.5 Å². The van der Waals surface area contributed by atoms with E-state index in [0.717, 1.165) is 31.0 Å². The van der Waals surface area contributed by atoms with Crippen LogP contribution in [0.1, 0.15) is 30.0 Å². The van der Waals surface area contributed by atoms with Crippen LogP contribution in [-0.4, -0.2) is 6.61 Å². The van der Waals surface area contributed by atoms with Crippen molar-refractivity contribution in [2.75, 3.05) is 11.9 Å². The van der Waals surface area contributed by atoms with Crippen molar-refractivity contribution in [1.82, 2.24) is 0 Å². The maximum Gasteiger partial charge on any atom is 0.121 e. The van der Waals surface area contributed by atoms with Gasteiger partial charge in [0.1, 0.15) is 5.75 Å². The van der Waals surface area contributed by atoms with Crippen molar-refractivity contribution in [1.29, 1.82) is 0 Å². The zero-order chi connectivity index (χ0) is 14.4. The summed E-state index contributed by atoms with van der Waals surface area (Å²) in [6.45, 7) is 8.04. The minimum Gasteiger partial charge on any atom is -0.494 e. The first-order chi connectivity index (χ1) is 9.70. The maximum absolute atomic E-state index is 5.66. The first-order valence-electron chi connectivity index (χ1n) is 7.22. The van der Waals surface area contributed by atoms with E-state index in [0.29, 0.717) is 0 Å². The highest BCUT2D eigenvalue weighted by atomic mass is 16.5. The topological polar surface area (TPSA) is 21.3 Å². The number of rotatable bonds is 6. The molecule has 0 unspecified atom stereocenters. The van der Waals surface area contributed by atoms with Crippen LogP contribution in [0.5, 0.6) is 5.75 Å². The summed E-state index contributed by atoms with van der Waals surface area (Å²) >= 11 is 0. The molecule has 0 radical (unpaired) electrons. The first kappa shape index (κ1) is 14.4. The Morgan fingerprint density at radius 1 is 1.00 bits per heavy atom. The number of aryl methyl sites for hydroxylation is 2. The van der Waals surface area contributed by atoms with E-state index in [1.54, 1.807) is 0 Å². The molecular weight excluding hydrogens is 246 g/mol. The third kappa shape index (κ3) is 3.77. The number of hydrogen-bond donors (Lipinski definition) is 1. The van der Waals surface area contributed by atoms with E-state index in [1.807, 2.05) is 12.1 Å². The number of nitrogens with one attached hydrogen (secondary N) is 1. The summed E-state index contributed by atoms with van der Waals surface area (Å²) in [5.41, 5.74) is 5.13. The summed E-state index contributed by atoms with van der Waals surface area (Å²) in [5, 5.41) is 3.48. The van der Waals surface area contributed by atoms with Crippen LogP contribution >= 0.6 is 0 Å². The van der Waals surface area contributed by atoms with Crippen molar-refractivity contribution >= 4 is 5.69 Å². The predicted octanol–water partition coefficient (Wildman–Crippen LogP) is 4.70. The zero-order valence-corrected chi connectivity index (χ0v) is 12.6. The summed E-state index contributed by atoms with van der Waals surface area (Å²) in [7, 11) is 0. The molecule has 0 saturated heterocycles. The van der Waals surface area contributed by atoms with Gasteiger partial charge in [0.2, 0.25) is 0 Å². The van der Waals surface area contributed by atoms with E-state index in [9.17, 15) is 0 Å². The number of ether oxygens (including phenoxy) is 1. The first-order valence-corrected chi connectivity index (χ1v) is 7.22. The van der Waals surface area contributed by atoms with Gasteiger partial charge in [-0.3, -0.25) is 0 Å². The van der Waals surface area contributed by atoms with Crippen molar-refractivity contribution in [3.05, 3.63) is 59.2 Å². The number of anilines is 1. The summed E-state index contributed by atoms with van der Waals surface area (Å²) in [4.78, 5) is 0. The summed E-state index contributed by atoms with van der Waals surface area (Å²) in [6.07, 6.45) is 1.03. The smallest absolute Gasteiger partial charge is 0.121 e. The van der Waals surface area contributed by atoms with Crippen molar-refractivity contribution in [3.63, 3.8) is 0 Å². The largest absolute Gasteiger partial charge is 0.494 e. The summed E-state index contributed by atoms with van der Waals surface area (Å²) in [5.74, 6) is 0.929. The molecule has 0 aliphatic rings. The standard InChI is InChI=1S/C18H23NO/c1-4-11-20-17-10-6-9-16(12-17)19-13-18-14(2)7-5-8-15(18)3/h5-10,12,19H,4,11,13H2,1-3H3. The summed E-state index contributed by atoms with van der Waals surface area (Å²) in [6, 6.07) is 14.6. The van der Waals surface area contributed by atoms with E-state index in [-0.39, 0.29) is 0 Å². The van der Waals surface area contributed by atoms with Crippen LogP contribution < -0.4 is 10.1 Å². The van der Waals surface area contributed by atoms with Crippen molar-refractivity contribution in [2.24, 2.45) is 0 Å². The molecule has 0 spiro atoms. The molecule has 0 aliphatic heterocycles. The fraction of sp³-hybridized carbons (Fsp3) is 0.333. The van der Waals surface area contributed by atoms with Crippen LogP contribution in [0.2, 0.25) is 0 Å². The monoisotopic (exact) mass is 269 g/mol. The Labute approximate surface area is 121 Å². The van der Waals surface area contributed by atoms with Crippen LogP contribution in [-0.2, 0) is 6.54 Å². The van der Waals surface area contributed by atoms with Gasteiger partial charge in [0.15, 0.2) is 0 Å². The molecule has 0 atom stereocenters. The number of benzene rings is 2. The minimum absolute atomic E-state index is 0.764. The lowest BCUT2D eigenvalue weighted by atomic mass is 10.0. The SMILES string of the molecule is CCCOc1cccc(NCc2c(C)cccc2C)c1. The van der Waals surface area contributed by atoms with Crippen LogP contribution in [0, 0.1) is 13.8 Å². The van der Waals surface area contributed by atoms with E-state index >= 15 is 0 Å². The molecule has 0 fully saturated rings.